The van der Waals surface area contributed by atoms with Crippen molar-refractivity contribution < 1.29 is 9.90 Å². The molecule has 0 spiro atoms. The summed E-state index contributed by atoms with van der Waals surface area (Å²) in [5, 5.41) is 14.1. The van der Waals surface area contributed by atoms with Crippen molar-refractivity contribution in [2.75, 3.05) is 0 Å². The lowest BCUT2D eigenvalue weighted by Gasteiger charge is -2.23. The van der Waals surface area contributed by atoms with Gasteiger partial charge in [-0.05, 0) is 30.5 Å². The molecule has 5 heteroatoms. The predicted molar refractivity (Wildman–Crippen MR) is 105 cm³/mol. The van der Waals surface area contributed by atoms with Crippen molar-refractivity contribution in [2.24, 2.45) is 0 Å². The molecule has 1 unspecified atom stereocenters. The number of rotatable bonds is 5. The Hall–Kier alpha value is -2.66. The van der Waals surface area contributed by atoms with E-state index in [4.69, 9.17) is 0 Å². The maximum absolute atomic E-state index is 12.7. The molecule has 4 rings (SSSR count). The number of benzene rings is 2. The molecule has 2 N–H and O–H groups in total. The molecule has 1 aliphatic rings. The molecule has 1 aliphatic carbocycles. The third-order valence-corrected chi connectivity index (χ3v) is 5.32. The van der Waals surface area contributed by atoms with Crippen LogP contribution in [0.4, 0.5) is 0 Å². The number of hydrogen-bond acceptors (Lipinski definition) is 3. The van der Waals surface area contributed by atoms with Gasteiger partial charge in [-0.15, -0.1) is 0 Å². The molecule has 0 bridgehead atoms. The molecule has 3 aromatic rings. The van der Waals surface area contributed by atoms with Crippen LogP contribution in [0.2, 0.25) is 0 Å². The lowest BCUT2D eigenvalue weighted by Crippen LogP contribution is -2.38. The zero-order chi connectivity index (χ0) is 18.6. The van der Waals surface area contributed by atoms with E-state index >= 15 is 0 Å². The first-order valence-corrected chi connectivity index (χ1v) is 9.70. The zero-order valence-electron chi connectivity index (χ0n) is 15.3. The van der Waals surface area contributed by atoms with E-state index in [9.17, 15) is 9.90 Å². The number of nitrogens with one attached hydrogen (secondary N) is 1. The van der Waals surface area contributed by atoms with Gasteiger partial charge in [0, 0.05) is 6.04 Å². The lowest BCUT2D eigenvalue weighted by molar-refractivity contribution is -0.122. The summed E-state index contributed by atoms with van der Waals surface area (Å²) in [4.78, 5) is 17.3. The fourth-order valence-corrected chi connectivity index (χ4v) is 3.92. The number of fused-ring (bicyclic) bond motifs is 1. The van der Waals surface area contributed by atoms with Gasteiger partial charge in [0.25, 0.3) is 0 Å². The summed E-state index contributed by atoms with van der Waals surface area (Å²) in [6.45, 7) is 0.163. The Morgan fingerprint density at radius 1 is 1.07 bits per heavy atom. The van der Waals surface area contributed by atoms with E-state index in [2.05, 4.69) is 10.3 Å². The summed E-state index contributed by atoms with van der Waals surface area (Å²) in [7, 11) is 0. The summed E-state index contributed by atoms with van der Waals surface area (Å²) < 4.78 is 1.84. The molecule has 1 saturated carbocycles. The van der Waals surface area contributed by atoms with Gasteiger partial charge in [-0.1, -0.05) is 61.7 Å². The van der Waals surface area contributed by atoms with Gasteiger partial charge in [0.1, 0.15) is 18.5 Å². The Balaban J connectivity index is 1.63. The average molecular weight is 363 g/mol. The molecule has 27 heavy (non-hydrogen) atoms. The molecule has 1 atom stereocenters. The number of para-hydroxylation sites is 2. The first-order valence-electron chi connectivity index (χ1n) is 9.70. The number of aromatic nitrogens is 2. The van der Waals surface area contributed by atoms with Crippen LogP contribution < -0.4 is 5.32 Å². The molecule has 0 aliphatic heterocycles. The van der Waals surface area contributed by atoms with Crippen LogP contribution in [0.5, 0.6) is 0 Å². The van der Waals surface area contributed by atoms with Gasteiger partial charge >= 0.3 is 0 Å². The minimum absolute atomic E-state index is 0.0217. The minimum atomic E-state index is -0.874. The van der Waals surface area contributed by atoms with Crippen LogP contribution >= 0.6 is 0 Å². The molecule has 5 nitrogen and oxygen atoms in total. The number of carbonyl (C=O) groups excluding carboxylic acids is 1. The SMILES string of the molecule is O=C(Cn1c(C(O)c2ccccc2)nc2ccccc21)NC1CCCCC1. The van der Waals surface area contributed by atoms with Crippen molar-refractivity contribution >= 4 is 16.9 Å². The Morgan fingerprint density at radius 2 is 1.78 bits per heavy atom. The van der Waals surface area contributed by atoms with Crippen molar-refractivity contribution in [1.29, 1.82) is 0 Å². The summed E-state index contributed by atoms with van der Waals surface area (Å²) >= 11 is 0. The van der Waals surface area contributed by atoms with Gasteiger partial charge in [0.2, 0.25) is 5.91 Å². The second-order valence-electron chi connectivity index (χ2n) is 7.26. The van der Waals surface area contributed by atoms with Crippen LogP contribution in [0.3, 0.4) is 0 Å². The summed E-state index contributed by atoms with van der Waals surface area (Å²) in [6.07, 6.45) is 4.84. The van der Waals surface area contributed by atoms with Gasteiger partial charge in [-0.3, -0.25) is 4.79 Å². The van der Waals surface area contributed by atoms with Crippen LogP contribution in [0, 0.1) is 0 Å². The first kappa shape index (κ1) is 17.7. The number of amides is 1. The van der Waals surface area contributed by atoms with Crippen molar-refractivity contribution in [3.63, 3.8) is 0 Å². The molecule has 1 fully saturated rings. The number of aliphatic hydroxyl groups is 1. The highest BCUT2D eigenvalue weighted by molar-refractivity contribution is 5.81. The molecular formula is C22H25N3O2. The average Bonchev–Trinajstić information content (AvgIpc) is 3.07. The van der Waals surface area contributed by atoms with Crippen LogP contribution in [-0.2, 0) is 11.3 Å². The van der Waals surface area contributed by atoms with E-state index in [1.807, 2.05) is 59.2 Å². The molecule has 2 aromatic carbocycles. The van der Waals surface area contributed by atoms with Gasteiger partial charge in [-0.2, -0.15) is 0 Å². The Morgan fingerprint density at radius 3 is 2.56 bits per heavy atom. The van der Waals surface area contributed by atoms with Gasteiger partial charge in [-0.25, -0.2) is 4.98 Å². The quantitative estimate of drug-likeness (QED) is 0.728. The van der Waals surface area contributed by atoms with E-state index in [1.165, 1.54) is 19.3 Å². The van der Waals surface area contributed by atoms with E-state index in [0.717, 1.165) is 29.4 Å². The first-order chi connectivity index (χ1) is 13.2. The summed E-state index contributed by atoms with van der Waals surface area (Å²) in [5.74, 6) is 0.479. The second kappa shape index (κ2) is 7.92. The normalized spacial score (nSPS) is 16.3. The number of imidazole rings is 1. The van der Waals surface area contributed by atoms with Crippen LogP contribution in [-0.4, -0.2) is 26.6 Å². The number of nitrogens with zero attached hydrogens (tertiary/aromatic N) is 2. The Labute approximate surface area is 159 Å². The molecule has 140 valence electrons. The number of aliphatic hydroxyl groups excluding tert-OH is 1. The molecular weight excluding hydrogens is 338 g/mol. The Bertz CT molecular complexity index is 914. The molecule has 1 heterocycles. The van der Waals surface area contributed by atoms with Crippen LogP contribution in [0.15, 0.2) is 54.6 Å². The summed E-state index contributed by atoms with van der Waals surface area (Å²) in [6, 6.07) is 17.4. The van der Waals surface area contributed by atoms with Gasteiger partial charge in [0.05, 0.1) is 11.0 Å². The van der Waals surface area contributed by atoms with Crippen molar-refractivity contribution in [2.45, 2.75) is 50.8 Å². The zero-order valence-corrected chi connectivity index (χ0v) is 15.3. The fourth-order valence-electron chi connectivity index (χ4n) is 3.92. The Kier molecular flexibility index (Phi) is 5.21. The highest BCUT2D eigenvalue weighted by atomic mass is 16.3. The van der Waals surface area contributed by atoms with Crippen LogP contribution in [0.1, 0.15) is 49.6 Å². The maximum atomic E-state index is 12.7. The molecule has 0 radical (unpaired) electrons. The van der Waals surface area contributed by atoms with Crippen molar-refractivity contribution in [3.05, 3.63) is 66.0 Å². The monoisotopic (exact) mass is 363 g/mol. The highest BCUT2D eigenvalue weighted by Crippen LogP contribution is 2.26. The molecule has 1 amide bonds. The standard InChI is InChI=1S/C22H25N3O2/c26-20(23-17-11-5-2-6-12-17)15-25-19-14-8-7-13-18(19)24-22(25)21(27)16-9-3-1-4-10-16/h1,3-4,7-10,13-14,17,21,27H,2,5-6,11-12,15H2,(H,23,26). The van der Waals surface area contributed by atoms with Crippen LogP contribution in [0.25, 0.3) is 11.0 Å². The second-order valence-corrected chi connectivity index (χ2v) is 7.26. The van der Waals surface area contributed by atoms with E-state index in [0.29, 0.717) is 5.82 Å². The van der Waals surface area contributed by atoms with Gasteiger partial charge in [0.15, 0.2) is 0 Å². The van der Waals surface area contributed by atoms with Crippen molar-refractivity contribution in [1.82, 2.24) is 14.9 Å². The molecule has 0 saturated heterocycles. The lowest BCUT2D eigenvalue weighted by atomic mass is 9.95. The third-order valence-electron chi connectivity index (χ3n) is 5.32. The fraction of sp³-hybridized carbons (Fsp3) is 0.364. The van der Waals surface area contributed by atoms with E-state index in [1.54, 1.807) is 0 Å². The number of carbonyl (C=O) groups is 1. The maximum Gasteiger partial charge on any atom is 0.240 e. The molecule has 1 aromatic heterocycles. The number of hydrogen-bond donors (Lipinski definition) is 2. The largest absolute Gasteiger partial charge is 0.380 e. The minimum Gasteiger partial charge on any atom is -0.380 e. The van der Waals surface area contributed by atoms with E-state index < -0.39 is 6.10 Å². The smallest absolute Gasteiger partial charge is 0.240 e. The highest BCUT2D eigenvalue weighted by Gasteiger charge is 2.22. The summed E-state index contributed by atoms with van der Waals surface area (Å²) in [5.41, 5.74) is 2.41. The third kappa shape index (κ3) is 3.88. The van der Waals surface area contributed by atoms with Crippen molar-refractivity contribution in [3.8, 4) is 0 Å². The van der Waals surface area contributed by atoms with E-state index in [-0.39, 0.29) is 18.5 Å². The topological polar surface area (TPSA) is 67.2 Å². The predicted octanol–water partition coefficient (Wildman–Crippen LogP) is 3.57. The van der Waals surface area contributed by atoms with Gasteiger partial charge < -0.3 is 15.0 Å².